The van der Waals surface area contributed by atoms with Gasteiger partial charge in [0.25, 0.3) is 0 Å². The molecule has 0 saturated carbocycles. The minimum Gasteiger partial charge on any atom is -0.496 e. The van der Waals surface area contributed by atoms with E-state index in [2.05, 4.69) is 74.9 Å². The highest BCUT2D eigenvalue weighted by Crippen LogP contribution is 2.46. The summed E-state index contributed by atoms with van der Waals surface area (Å²) < 4.78 is 5.55. The van der Waals surface area contributed by atoms with E-state index in [-0.39, 0.29) is 6.17 Å². The first-order valence-corrected chi connectivity index (χ1v) is 7.72. The van der Waals surface area contributed by atoms with Crippen LogP contribution in [0.1, 0.15) is 23.6 Å². The van der Waals surface area contributed by atoms with Gasteiger partial charge in [-0.2, -0.15) is 0 Å². The fraction of sp³-hybridized carbons (Fsp3) is 0.368. The summed E-state index contributed by atoms with van der Waals surface area (Å²) in [5, 5.41) is 0. The van der Waals surface area contributed by atoms with E-state index in [0.29, 0.717) is 0 Å². The Morgan fingerprint density at radius 1 is 0.909 bits per heavy atom. The van der Waals surface area contributed by atoms with Crippen LogP contribution in [0.4, 0.5) is 17.1 Å². The molecule has 0 saturated heterocycles. The van der Waals surface area contributed by atoms with E-state index in [4.69, 9.17) is 4.74 Å². The second kappa shape index (κ2) is 5.24. The second-order valence-electron chi connectivity index (χ2n) is 6.22. The summed E-state index contributed by atoms with van der Waals surface area (Å²) in [4.78, 5) is 4.73. The van der Waals surface area contributed by atoms with Gasteiger partial charge in [0.1, 0.15) is 11.9 Å². The van der Waals surface area contributed by atoms with Crippen LogP contribution in [-0.4, -0.2) is 20.3 Å². The third kappa shape index (κ3) is 2.12. The van der Waals surface area contributed by atoms with Gasteiger partial charge in [0, 0.05) is 18.3 Å². The van der Waals surface area contributed by atoms with E-state index >= 15 is 0 Å². The first-order chi connectivity index (χ1) is 10.4. The first-order valence-electron chi connectivity index (χ1n) is 7.72. The summed E-state index contributed by atoms with van der Waals surface area (Å²) in [6.07, 6.45) is 0.280. The number of methoxy groups -OCH3 is 1. The smallest absolute Gasteiger partial charge is 0.124 e. The number of ether oxygens (including phenoxy) is 1. The molecular weight excluding hydrogens is 272 g/mol. The molecule has 0 amide bonds. The minimum atomic E-state index is 0.280. The number of hydrogen-bond donors (Lipinski definition) is 0. The summed E-state index contributed by atoms with van der Waals surface area (Å²) in [5.41, 5.74) is 7.45. The van der Waals surface area contributed by atoms with Crippen LogP contribution < -0.4 is 14.5 Å². The average molecular weight is 296 g/mol. The van der Waals surface area contributed by atoms with Crippen LogP contribution in [0.25, 0.3) is 0 Å². The van der Waals surface area contributed by atoms with Crippen molar-refractivity contribution in [3.05, 3.63) is 47.0 Å². The lowest BCUT2D eigenvalue weighted by molar-refractivity contribution is 0.411. The Morgan fingerprint density at radius 3 is 2.27 bits per heavy atom. The number of aryl methyl sites for hydroxylation is 2. The van der Waals surface area contributed by atoms with Gasteiger partial charge in [0.15, 0.2) is 0 Å². The van der Waals surface area contributed by atoms with Crippen molar-refractivity contribution < 1.29 is 4.74 Å². The zero-order valence-electron chi connectivity index (χ0n) is 14.3. The normalized spacial score (nSPS) is 16.9. The van der Waals surface area contributed by atoms with Crippen LogP contribution in [0, 0.1) is 20.8 Å². The molecule has 0 radical (unpaired) electrons. The second-order valence-corrected chi connectivity index (χ2v) is 6.22. The van der Waals surface area contributed by atoms with Crippen molar-refractivity contribution in [3.63, 3.8) is 0 Å². The van der Waals surface area contributed by atoms with Gasteiger partial charge in [-0.1, -0.05) is 6.07 Å². The predicted molar refractivity (Wildman–Crippen MR) is 93.7 cm³/mol. The molecule has 1 heterocycles. The van der Waals surface area contributed by atoms with Crippen molar-refractivity contribution >= 4 is 17.1 Å². The fourth-order valence-electron chi connectivity index (χ4n) is 3.30. The standard InChI is InChI=1S/C19H24N2O/c1-12-7-8-16-18(9-12)20(5)15(4)21(16)17-10-13(2)11-19(22-6)14(17)3/h7-11,15H,1-6H3/t15-/m0/s1. The third-order valence-electron chi connectivity index (χ3n) is 4.66. The Bertz CT molecular complexity index is 724. The lowest BCUT2D eigenvalue weighted by Gasteiger charge is -2.29. The molecule has 0 unspecified atom stereocenters. The van der Waals surface area contributed by atoms with E-state index in [1.54, 1.807) is 7.11 Å². The van der Waals surface area contributed by atoms with Crippen molar-refractivity contribution in [2.45, 2.75) is 33.9 Å². The summed E-state index contributed by atoms with van der Waals surface area (Å²) in [5.74, 6) is 0.949. The van der Waals surface area contributed by atoms with Crippen LogP contribution in [0.15, 0.2) is 30.3 Å². The highest BCUT2D eigenvalue weighted by molar-refractivity contribution is 5.85. The third-order valence-corrected chi connectivity index (χ3v) is 4.66. The molecule has 2 aromatic carbocycles. The highest BCUT2D eigenvalue weighted by atomic mass is 16.5. The quantitative estimate of drug-likeness (QED) is 0.808. The van der Waals surface area contributed by atoms with Gasteiger partial charge in [0.05, 0.1) is 18.5 Å². The Labute approximate surface area is 133 Å². The van der Waals surface area contributed by atoms with Gasteiger partial charge < -0.3 is 14.5 Å². The first kappa shape index (κ1) is 14.8. The number of benzene rings is 2. The molecule has 0 aromatic heterocycles. The van der Waals surface area contributed by atoms with E-state index < -0.39 is 0 Å². The molecule has 3 heteroatoms. The summed E-state index contributed by atoms with van der Waals surface area (Å²) >= 11 is 0. The maximum absolute atomic E-state index is 5.55. The Morgan fingerprint density at radius 2 is 1.59 bits per heavy atom. The van der Waals surface area contributed by atoms with Gasteiger partial charge >= 0.3 is 0 Å². The molecular formula is C19H24N2O. The van der Waals surface area contributed by atoms with Crippen LogP contribution in [0.2, 0.25) is 0 Å². The van der Waals surface area contributed by atoms with Gasteiger partial charge in [-0.3, -0.25) is 0 Å². The number of anilines is 3. The fourth-order valence-corrected chi connectivity index (χ4v) is 3.30. The monoisotopic (exact) mass is 296 g/mol. The number of hydrogen-bond acceptors (Lipinski definition) is 3. The molecule has 3 rings (SSSR count). The minimum absolute atomic E-state index is 0.280. The Hall–Kier alpha value is -2.16. The Kier molecular flexibility index (Phi) is 3.51. The maximum Gasteiger partial charge on any atom is 0.124 e. The molecule has 0 fully saturated rings. The molecule has 1 atom stereocenters. The topological polar surface area (TPSA) is 15.7 Å². The summed E-state index contributed by atoms with van der Waals surface area (Å²) in [7, 11) is 3.90. The molecule has 1 aliphatic rings. The molecule has 0 spiro atoms. The van der Waals surface area contributed by atoms with Crippen LogP contribution in [0.3, 0.4) is 0 Å². The predicted octanol–water partition coefficient (Wildman–Crippen LogP) is 4.55. The van der Waals surface area contributed by atoms with E-state index in [9.17, 15) is 0 Å². The van der Waals surface area contributed by atoms with Crippen molar-refractivity contribution in [2.24, 2.45) is 0 Å². The van der Waals surface area contributed by atoms with E-state index in [0.717, 1.165) is 5.75 Å². The molecule has 116 valence electrons. The van der Waals surface area contributed by atoms with Crippen LogP contribution in [-0.2, 0) is 0 Å². The van der Waals surface area contributed by atoms with Crippen molar-refractivity contribution in [1.29, 1.82) is 0 Å². The highest BCUT2D eigenvalue weighted by Gasteiger charge is 2.32. The van der Waals surface area contributed by atoms with E-state index in [1.807, 2.05) is 0 Å². The summed E-state index contributed by atoms with van der Waals surface area (Å²) in [6.45, 7) is 8.63. The van der Waals surface area contributed by atoms with Gasteiger partial charge in [-0.05, 0) is 63.1 Å². The summed E-state index contributed by atoms with van der Waals surface area (Å²) in [6, 6.07) is 11.0. The van der Waals surface area contributed by atoms with Gasteiger partial charge in [-0.25, -0.2) is 0 Å². The Balaban J connectivity index is 2.20. The molecule has 1 aliphatic heterocycles. The zero-order valence-corrected chi connectivity index (χ0v) is 14.3. The molecule has 2 aromatic rings. The largest absolute Gasteiger partial charge is 0.496 e. The van der Waals surface area contributed by atoms with Crippen LogP contribution >= 0.6 is 0 Å². The zero-order chi connectivity index (χ0) is 16.0. The molecule has 3 nitrogen and oxygen atoms in total. The number of nitrogens with zero attached hydrogens (tertiary/aromatic N) is 2. The lowest BCUT2D eigenvalue weighted by atomic mass is 10.1. The van der Waals surface area contributed by atoms with Crippen molar-refractivity contribution in [3.8, 4) is 5.75 Å². The SMILES string of the molecule is COc1cc(C)cc(N2c3ccc(C)cc3N(C)[C@@H]2C)c1C. The van der Waals surface area contributed by atoms with Crippen molar-refractivity contribution in [2.75, 3.05) is 24.0 Å². The molecule has 0 N–H and O–H groups in total. The average Bonchev–Trinajstić information content (AvgIpc) is 2.73. The van der Waals surface area contributed by atoms with Crippen LogP contribution in [0.5, 0.6) is 5.75 Å². The maximum atomic E-state index is 5.55. The number of fused-ring (bicyclic) bond motifs is 1. The molecule has 0 bridgehead atoms. The number of rotatable bonds is 2. The van der Waals surface area contributed by atoms with Crippen molar-refractivity contribution in [1.82, 2.24) is 0 Å². The lowest BCUT2D eigenvalue weighted by Crippen LogP contribution is -2.36. The molecule has 22 heavy (non-hydrogen) atoms. The molecule has 0 aliphatic carbocycles. The van der Waals surface area contributed by atoms with Gasteiger partial charge in [-0.15, -0.1) is 0 Å². The van der Waals surface area contributed by atoms with Gasteiger partial charge in [0.2, 0.25) is 0 Å². The van der Waals surface area contributed by atoms with E-state index in [1.165, 1.54) is 33.8 Å².